The maximum atomic E-state index is 12.9. The quantitative estimate of drug-likeness (QED) is 0.819. The maximum Gasteiger partial charge on any atom is 0.243 e. The number of nitrogens with zero attached hydrogens (tertiary/aromatic N) is 1. The molecule has 0 aliphatic rings. The van der Waals surface area contributed by atoms with Gasteiger partial charge in [-0.05, 0) is 36.8 Å². The third kappa shape index (κ3) is 4.80. The van der Waals surface area contributed by atoms with Gasteiger partial charge in [0.15, 0.2) is 0 Å². The number of carbonyl (C=O) groups is 1. The van der Waals surface area contributed by atoms with E-state index >= 15 is 0 Å². The smallest absolute Gasteiger partial charge is 0.243 e. The van der Waals surface area contributed by atoms with Crippen LogP contribution in [-0.4, -0.2) is 31.7 Å². The van der Waals surface area contributed by atoms with Gasteiger partial charge in [0.25, 0.3) is 0 Å². The second kappa shape index (κ2) is 8.28. The number of carbonyl (C=O) groups excluding carboxylic acids is 1. The molecule has 0 unspecified atom stereocenters. The van der Waals surface area contributed by atoms with E-state index in [1.54, 1.807) is 49.4 Å². The molecule has 0 fully saturated rings. The molecule has 1 amide bonds. The molecule has 0 saturated heterocycles. The van der Waals surface area contributed by atoms with Crippen molar-refractivity contribution in [3.63, 3.8) is 0 Å². The zero-order valence-electron chi connectivity index (χ0n) is 13.3. The van der Waals surface area contributed by atoms with Crippen LogP contribution in [0.15, 0.2) is 59.5 Å². The summed E-state index contributed by atoms with van der Waals surface area (Å²) in [4.78, 5) is 12.1. The van der Waals surface area contributed by atoms with E-state index in [2.05, 4.69) is 5.32 Å². The summed E-state index contributed by atoms with van der Waals surface area (Å²) in [6, 6.07) is 14.9. The summed E-state index contributed by atoms with van der Waals surface area (Å²) >= 11 is 5.86. The number of amides is 1. The van der Waals surface area contributed by atoms with Crippen LogP contribution in [0.1, 0.15) is 12.5 Å². The van der Waals surface area contributed by atoms with Crippen LogP contribution in [0.5, 0.6) is 0 Å². The van der Waals surface area contributed by atoms with Crippen LogP contribution in [-0.2, 0) is 21.4 Å². The fraction of sp³-hybridized carbons (Fsp3) is 0.235. The highest BCUT2D eigenvalue weighted by atomic mass is 35.5. The van der Waals surface area contributed by atoms with Crippen LogP contribution in [0.4, 0.5) is 0 Å². The molecule has 5 nitrogen and oxygen atoms in total. The van der Waals surface area contributed by atoms with E-state index in [-0.39, 0.29) is 23.9 Å². The average molecular weight is 367 g/mol. The summed E-state index contributed by atoms with van der Waals surface area (Å²) in [5.74, 6) is -0.342. The molecular weight excluding hydrogens is 348 g/mol. The van der Waals surface area contributed by atoms with Crippen LogP contribution < -0.4 is 5.32 Å². The average Bonchev–Trinajstić information content (AvgIpc) is 2.57. The normalized spacial score (nSPS) is 11.5. The summed E-state index contributed by atoms with van der Waals surface area (Å²) < 4.78 is 26.9. The number of sulfonamides is 1. The molecule has 7 heteroatoms. The van der Waals surface area contributed by atoms with Crippen molar-refractivity contribution in [2.45, 2.75) is 18.4 Å². The van der Waals surface area contributed by atoms with E-state index in [0.717, 1.165) is 9.87 Å². The summed E-state index contributed by atoms with van der Waals surface area (Å²) in [6.07, 6.45) is 0. The molecule has 128 valence electrons. The van der Waals surface area contributed by atoms with Crippen LogP contribution in [0, 0.1) is 0 Å². The lowest BCUT2D eigenvalue weighted by Gasteiger charge is -2.22. The van der Waals surface area contributed by atoms with Gasteiger partial charge in [0.2, 0.25) is 15.9 Å². The van der Waals surface area contributed by atoms with Crippen LogP contribution >= 0.6 is 11.6 Å². The predicted molar refractivity (Wildman–Crippen MR) is 94.2 cm³/mol. The van der Waals surface area contributed by atoms with Crippen molar-refractivity contribution >= 4 is 27.5 Å². The molecule has 0 aliphatic carbocycles. The fourth-order valence-corrected chi connectivity index (χ4v) is 3.71. The zero-order chi connectivity index (χ0) is 17.6. The van der Waals surface area contributed by atoms with E-state index < -0.39 is 10.0 Å². The number of halogens is 1. The molecule has 2 aromatic rings. The Balaban J connectivity index is 2.31. The lowest BCUT2D eigenvalue weighted by atomic mass is 10.2. The zero-order valence-corrected chi connectivity index (χ0v) is 14.8. The summed E-state index contributed by atoms with van der Waals surface area (Å²) in [6.45, 7) is 2.07. The van der Waals surface area contributed by atoms with E-state index in [1.807, 2.05) is 0 Å². The van der Waals surface area contributed by atoms with Crippen LogP contribution in [0.2, 0.25) is 5.02 Å². The Kier molecular flexibility index (Phi) is 6.36. The number of nitrogens with one attached hydrogen (secondary N) is 1. The first-order chi connectivity index (χ1) is 11.4. The maximum absolute atomic E-state index is 12.9. The van der Waals surface area contributed by atoms with Gasteiger partial charge in [0.1, 0.15) is 0 Å². The minimum atomic E-state index is -3.78. The number of benzene rings is 2. The van der Waals surface area contributed by atoms with E-state index in [4.69, 9.17) is 11.6 Å². The molecule has 0 aromatic heterocycles. The second-order valence-corrected chi connectivity index (χ2v) is 7.54. The molecule has 0 bridgehead atoms. The highest BCUT2D eigenvalue weighted by molar-refractivity contribution is 7.89. The SMILES string of the molecule is CCNC(=O)CN(Cc1ccc(Cl)cc1)S(=O)(=O)c1ccccc1. The number of rotatable bonds is 7. The Morgan fingerprint density at radius 3 is 2.29 bits per heavy atom. The van der Waals surface area contributed by atoms with Gasteiger partial charge in [-0.3, -0.25) is 4.79 Å². The molecule has 0 radical (unpaired) electrons. The molecule has 0 atom stereocenters. The molecule has 0 heterocycles. The minimum absolute atomic E-state index is 0.0888. The summed E-state index contributed by atoms with van der Waals surface area (Å²) in [5, 5.41) is 3.20. The Bertz CT molecular complexity index is 777. The van der Waals surface area contributed by atoms with Crippen molar-refractivity contribution in [1.82, 2.24) is 9.62 Å². The first-order valence-corrected chi connectivity index (χ1v) is 9.31. The Labute approximate surface area is 147 Å². The van der Waals surface area contributed by atoms with Gasteiger partial charge in [-0.15, -0.1) is 0 Å². The minimum Gasteiger partial charge on any atom is -0.355 e. The monoisotopic (exact) mass is 366 g/mol. The lowest BCUT2D eigenvalue weighted by Crippen LogP contribution is -2.40. The van der Waals surface area contributed by atoms with Gasteiger partial charge in [-0.25, -0.2) is 8.42 Å². The molecule has 0 spiro atoms. The van der Waals surface area contributed by atoms with Crippen molar-refractivity contribution in [1.29, 1.82) is 0 Å². The second-order valence-electron chi connectivity index (χ2n) is 5.17. The summed E-state index contributed by atoms with van der Waals surface area (Å²) in [5.41, 5.74) is 0.753. The van der Waals surface area contributed by atoms with E-state index in [0.29, 0.717) is 11.6 Å². The van der Waals surface area contributed by atoms with Crippen molar-refractivity contribution in [3.8, 4) is 0 Å². The highest BCUT2D eigenvalue weighted by Gasteiger charge is 2.26. The summed E-state index contributed by atoms with van der Waals surface area (Å²) in [7, 11) is -3.78. The number of likely N-dealkylation sites (N-methyl/N-ethyl adjacent to an activating group) is 1. The standard InChI is InChI=1S/C17H19ClN2O3S/c1-2-19-17(21)13-20(12-14-8-10-15(18)11-9-14)24(22,23)16-6-4-3-5-7-16/h3-11H,2,12-13H2,1H3,(H,19,21). The van der Waals surface area contributed by atoms with Crippen LogP contribution in [0.25, 0.3) is 0 Å². The number of hydrogen-bond acceptors (Lipinski definition) is 3. The predicted octanol–water partition coefficient (Wildman–Crippen LogP) is 2.67. The van der Waals surface area contributed by atoms with E-state index in [1.165, 1.54) is 12.1 Å². The van der Waals surface area contributed by atoms with Gasteiger partial charge in [-0.2, -0.15) is 4.31 Å². The molecule has 0 saturated carbocycles. The molecule has 1 N–H and O–H groups in total. The topological polar surface area (TPSA) is 66.5 Å². The van der Waals surface area contributed by atoms with Crippen molar-refractivity contribution < 1.29 is 13.2 Å². The Hall–Kier alpha value is -1.89. The Morgan fingerprint density at radius 1 is 1.08 bits per heavy atom. The molecule has 2 rings (SSSR count). The van der Waals surface area contributed by atoms with Crippen LogP contribution in [0.3, 0.4) is 0 Å². The Morgan fingerprint density at radius 2 is 1.71 bits per heavy atom. The number of hydrogen-bond donors (Lipinski definition) is 1. The molecule has 0 aliphatic heterocycles. The fourth-order valence-electron chi connectivity index (χ4n) is 2.17. The van der Waals surface area contributed by atoms with Crippen molar-refractivity contribution in [2.24, 2.45) is 0 Å². The van der Waals surface area contributed by atoms with Crippen molar-refractivity contribution in [2.75, 3.05) is 13.1 Å². The van der Waals surface area contributed by atoms with Gasteiger partial charge >= 0.3 is 0 Å². The lowest BCUT2D eigenvalue weighted by molar-refractivity contribution is -0.121. The van der Waals surface area contributed by atoms with Gasteiger partial charge in [0, 0.05) is 18.1 Å². The first kappa shape index (κ1) is 18.4. The molecule has 2 aromatic carbocycles. The van der Waals surface area contributed by atoms with Gasteiger partial charge in [0.05, 0.1) is 11.4 Å². The van der Waals surface area contributed by atoms with E-state index in [9.17, 15) is 13.2 Å². The molecule has 24 heavy (non-hydrogen) atoms. The third-order valence-corrected chi connectivity index (χ3v) is 5.40. The highest BCUT2D eigenvalue weighted by Crippen LogP contribution is 2.19. The molecular formula is C17H19ClN2O3S. The first-order valence-electron chi connectivity index (χ1n) is 7.50. The largest absolute Gasteiger partial charge is 0.355 e. The third-order valence-electron chi connectivity index (χ3n) is 3.35. The van der Waals surface area contributed by atoms with Crippen molar-refractivity contribution in [3.05, 3.63) is 65.2 Å². The van der Waals surface area contributed by atoms with Gasteiger partial charge < -0.3 is 5.32 Å². The van der Waals surface area contributed by atoms with Gasteiger partial charge in [-0.1, -0.05) is 41.9 Å².